The Morgan fingerprint density at radius 1 is 1.06 bits per heavy atom. The summed E-state index contributed by atoms with van der Waals surface area (Å²) in [6, 6.07) is 8.17. The van der Waals surface area contributed by atoms with Crippen molar-refractivity contribution < 1.29 is 23.5 Å². The Hall–Kier alpha value is -5.61. The van der Waals surface area contributed by atoms with Gasteiger partial charge in [-0.1, -0.05) is 18.1 Å². The Morgan fingerprint density at radius 3 is 2.60 bits per heavy atom. The molecule has 2 saturated heterocycles. The van der Waals surface area contributed by atoms with Gasteiger partial charge in [-0.3, -0.25) is 10.1 Å². The van der Waals surface area contributed by atoms with Crippen molar-refractivity contribution in [1.82, 2.24) is 30.5 Å². The Bertz CT molecular complexity index is 2220. The molecule has 1 spiro atoms. The van der Waals surface area contributed by atoms with Crippen LogP contribution in [0.4, 0.5) is 25.2 Å². The maximum atomic E-state index is 17.0. The first-order valence-corrected chi connectivity index (χ1v) is 15.5. The number of phenolic OH excluding ortho intramolecular Hbond substituents is 1. The zero-order valence-corrected chi connectivity index (χ0v) is 26.6. The van der Waals surface area contributed by atoms with E-state index in [0.717, 1.165) is 6.54 Å². The number of aromatic nitrogens is 3. The molecule has 11 nitrogen and oxygen atoms in total. The third-order valence-electron chi connectivity index (χ3n) is 9.13. The van der Waals surface area contributed by atoms with Crippen LogP contribution < -0.4 is 20.4 Å². The van der Waals surface area contributed by atoms with Crippen LogP contribution in [0.2, 0.25) is 0 Å². The highest BCUT2D eigenvalue weighted by Crippen LogP contribution is 2.42. The van der Waals surface area contributed by atoms with Crippen LogP contribution in [0.3, 0.4) is 0 Å². The van der Waals surface area contributed by atoms with Crippen molar-refractivity contribution in [3.05, 3.63) is 59.8 Å². The molecule has 3 aromatic carbocycles. The molecule has 3 amide bonds. The number of amides is 3. The quantitative estimate of drug-likeness (QED) is 0.141. The lowest BCUT2D eigenvalue weighted by atomic mass is 9.88. The molecule has 7 rings (SSSR count). The molecule has 0 radical (unpaired) electrons. The predicted molar refractivity (Wildman–Crippen MR) is 180 cm³/mol. The number of terminal acetylenes is 1. The highest BCUT2D eigenvalue weighted by Gasteiger charge is 2.49. The third kappa shape index (κ3) is 5.05. The number of imide groups is 1. The number of halogens is 2. The standard InChI is InChI=1S/C35H32F2N8O3/c1-5-21-26(36)10-7-19-15-20(46)16-24(27(19)21)22-8-9-23-29(28(22)37)39-31-25(17-38-33(40-31)44(4)14-13-43(2)3)30(23)45-12-6-11-35(18-45)32(47)41-34(48)42-35/h1,7-10,15-17,46H,6,11-14,18H2,2-4H3,(H2,41,42,47,48). The first-order valence-electron chi connectivity index (χ1n) is 15.5. The van der Waals surface area contributed by atoms with Crippen LogP contribution in [0, 0.1) is 24.0 Å². The van der Waals surface area contributed by atoms with Gasteiger partial charge in [-0.2, -0.15) is 4.98 Å². The number of carbonyl (C=O) groups is 2. The minimum atomic E-state index is -1.15. The fraction of sp³-hybridized carbons (Fsp3) is 0.286. The number of rotatable bonds is 6. The second-order valence-electron chi connectivity index (χ2n) is 12.6. The summed E-state index contributed by atoms with van der Waals surface area (Å²) in [6.45, 7) is 2.01. The molecule has 2 fully saturated rings. The van der Waals surface area contributed by atoms with Crippen molar-refractivity contribution in [3.63, 3.8) is 0 Å². The van der Waals surface area contributed by atoms with Crippen molar-refractivity contribution in [2.75, 3.05) is 57.1 Å². The number of phenols is 1. The number of likely N-dealkylation sites (N-methyl/N-ethyl adjacent to an activating group) is 2. The Labute approximate surface area is 274 Å². The van der Waals surface area contributed by atoms with Crippen molar-refractivity contribution >= 4 is 56.3 Å². The van der Waals surface area contributed by atoms with Crippen LogP contribution in [-0.4, -0.2) is 89.8 Å². The van der Waals surface area contributed by atoms with E-state index in [2.05, 4.69) is 21.5 Å². The third-order valence-corrected chi connectivity index (χ3v) is 9.13. The lowest BCUT2D eigenvalue weighted by Crippen LogP contribution is -2.58. The van der Waals surface area contributed by atoms with Gasteiger partial charge in [-0.15, -0.1) is 6.42 Å². The topological polar surface area (TPSA) is 127 Å². The molecule has 244 valence electrons. The molecular formula is C35H32F2N8O3. The largest absolute Gasteiger partial charge is 0.508 e. The number of hydrogen-bond donors (Lipinski definition) is 3. The minimum absolute atomic E-state index is 0.0229. The molecule has 48 heavy (non-hydrogen) atoms. The number of urea groups is 1. The van der Waals surface area contributed by atoms with Gasteiger partial charge in [0.15, 0.2) is 11.5 Å². The van der Waals surface area contributed by atoms with Gasteiger partial charge in [-0.05, 0) is 62.2 Å². The number of fused-ring (bicyclic) bond motifs is 3. The van der Waals surface area contributed by atoms with Crippen LogP contribution in [-0.2, 0) is 4.79 Å². The summed E-state index contributed by atoms with van der Waals surface area (Å²) in [5, 5.41) is 17.4. The first-order chi connectivity index (χ1) is 23.0. The van der Waals surface area contributed by atoms with Gasteiger partial charge < -0.3 is 25.1 Å². The average Bonchev–Trinajstić information content (AvgIpc) is 3.33. The zero-order valence-electron chi connectivity index (χ0n) is 26.6. The van der Waals surface area contributed by atoms with Crippen LogP contribution >= 0.6 is 0 Å². The maximum absolute atomic E-state index is 17.0. The number of nitrogens with zero attached hydrogens (tertiary/aromatic N) is 6. The smallest absolute Gasteiger partial charge is 0.322 e. The molecule has 0 aliphatic carbocycles. The summed E-state index contributed by atoms with van der Waals surface area (Å²) in [7, 11) is 5.78. The molecule has 1 unspecified atom stereocenters. The normalized spacial score (nSPS) is 17.8. The Kier molecular flexibility index (Phi) is 7.48. The van der Waals surface area contributed by atoms with E-state index < -0.39 is 29.1 Å². The van der Waals surface area contributed by atoms with E-state index in [-0.39, 0.29) is 45.5 Å². The monoisotopic (exact) mass is 650 g/mol. The zero-order chi connectivity index (χ0) is 33.9. The van der Waals surface area contributed by atoms with Gasteiger partial charge in [0.1, 0.15) is 22.6 Å². The van der Waals surface area contributed by atoms with Crippen molar-refractivity contribution in [2.45, 2.75) is 18.4 Å². The number of hydrogen-bond acceptors (Lipinski definition) is 9. The molecule has 2 aliphatic rings. The van der Waals surface area contributed by atoms with E-state index in [9.17, 15) is 19.1 Å². The summed E-state index contributed by atoms with van der Waals surface area (Å²) >= 11 is 0. The molecule has 4 heterocycles. The molecular weight excluding hydrogens is 618 g/mol. The number of pyridine rings is 1. The SMILES string of the molecule is C#Cc1c(F)ccc2cc(O)cc(-c3ccc4c(N5CCCC6(C5)NC(=O)NC6=O)c5cnc(N(C)CCN(C)C)nc5nc4c3F)c12. The number of nitrogens with one attached hydrogen (secondary N) is 2. The highest BCUT2D eigenvalue weighted by atomic mass is 19.1. The van der Waals surface area contributed by atoms with Crippen molar-refractivity contribution in [1.29, 1.82) is 0 Å². The van der Waals surface area contributed by atoms with E-state index in [1.807, 2.05) is 35.8 Å². The van der Waals surface area contributed by atoms with E-state index in [1.54, 1.807) is 18.3 Å². The summed E-state index contributed by atoms with van der Waals surface area (Å²) in [5.74, 6) is 0.837. The van der Waals surface area contributed by atoms with E-state index in [4.69, 9.17) is 16.4 Å². The second-order valence-corrected chi connectivity index (χ2v) is 12.6. The van der Waals surface area contributed by atoms with Gasteiger partial charge in [0.25, 0.3) is 5.91 Å². The maximum Gasteiger partial charge on any atom is 0.322 e. The van der Waals surface area contributed by atoms with Gasteiger partial charge in [-0.25, -0.2) is 23.5 Å². The van der Waals surface area contributed by atoms with Crippen molar-refractivity contribution in [3.8, 4) is 29.2 Å². The van der Waals surface area contributed by atoms with Gasteiger partial charge in [0.2, 0.25) is 5.95 Å². The fourth-order valence-corrected chi connectivity index (χ4v) is 6.75. The van der Waals surface area contributed by atoms with Crippen molar-refractivity contribution in [2.24, 2.45) is 0 Å². The van der Waals surface area contributed by atoms with Gasteiger partial charge in [0.05, 0.1) is 23.2 Å². The highest BCUT2D eigenvalue weighted by molar-refractivity contribution is 6.11. The molecule has 2 aliphatic heterocycles. The number of piperidine rings is 1. The van der Waals surface area contributed by atoms with Crippen LogP contribution in [0.1, 0.15) is 18.4 Å². The minimum Gasteiger partial charge on any atom is -0.508 e. The molecule has 3 N–H and O–H groups in total. The number of carbonyl (C=O) groups excluding carboxylic acids is 2. The first kappa shape index (κ1) is 31.0. The van der Waals surface area contributed by atoms with Crippen LogP contribution in [0.5, 0.6) is 5.75 Å². The van der Waals surface area contributed by atoms with E-state index in [0.29, 0.717) is 53.7 Å². The van der Waals surface area contributed by atoms with E-state index >= 15 is 4.39 Å². The van der Waals surface area contributed by atoms with Gasteiger partial charge >= 0.3 is 6.03 Å². The number of aromatic hydroxyl groups is 1. The Balaban J connectivity index is 1.47. The van der Waals surface area contributed by atoms with E-state index in [1.165, 1.54) is 24.3 Å². The number of anilines is 2. The Morgan fingerprint density at radius 2 is 1.88 bits per heavy atom. The molecule has 0 bridgehead atoms. The predicted octanol–water partition coefficient (Wildman–Crippen LogP) is 4.14. The molecule has 1 atom stereocenters. The summed E-state index contributed by atoms with van der Waals surface area (Å²) in [4.78, 5) is 45.1. The van der Waals surface area contributed by atoms with Crippen LogP contribution in [0.25, 0.3) is 43.8 Å². The summed E-state index contributed by atoms with van der Waals surface area (Å²) < 4.78 is 31.9. The lowest BCUT2D eigenvalue weighted by Gasteiger charge is -2.40. The summed E-state index contributed by atoms with van der Waals surface area (Å²) in [6.07, 6.45) is 8.36. The molecule has 0 saturated carbocycles. The summed E-state index contributed by atoms with van der Waals surface area (Å²) in [5.41, 5.74) is -0.183. The number of benzene rings is 3. The molecule has 13 heteroatoms. The molecule has 2 aromatic heterocycles. The van der Waals surface area contributed by atoms with Gasteiger partial charge in [0, 0.05) is 49.2 Å². The second kappa shape index (κ2) is 11.6. The van der Waals surface area contributed by atoms with Crippen LogP contribution in [0.15, 0.2) is 42.6 Å². The molecule has 5 aromatic rings. The fourth-order valence-electron chi connectivity index (χ4n) is 6.75. The lowest BCUT2D eigenvalue weighted by molar-refractivity contribution is -0.124. The average molecular weight is 651 g/mol.